The molecule has 0 atom stereocenters. The van der Waals surface area contributed by atoms with Crippen LogP contribution < -0.4 is 10.6 Å². The van der Waals surface area contributed by atoms with Gasteiger partial charge in [-0.05, 0) is 19.1 Å². The minimum absolute atomic E-state index is 0.532. The third kappa shape index (κ3) is 5.61. The molecule has 0 radical (unpaired) electrons. The van der Waals surface area contributed by atoms with Gasteiger partial charge >= 0.3 is 0 Å². The van der Waals surface area contributed by atoms with Gasteiger partial charge in [0.15, 0.2) is 5.96 Å². The fourth-order valence-corrected chi connectivity index (χ4v) is 2.82. The Balaban J connectivity index is 1.70. The first-order valence-corrected chi connectivity index (χ1v) is 9.38. The summed E-state index contributed by atoms with van der Waals surface area (Å²) < 4.78 is 7.22. The van der Waals surface area contributed by atoms with E-state index in [1.54, 1.807) is 6.26 Å². The van der Waals surface area contributed by atoms with E-state index >= 15 is 0 Å². The number of benzene rings is 1. The standard InChI is InChI=1S/C22H27N5O/c1-17(2)14-24-22(23-12-11-20-10-7-13-28-20)25-15-19-16-27(3)26-21(19)18-8-5-4-6-9-18/h4-10,13,16H,1,11-12,14-15H2,2-3H3,(H2,23,24,25). The van der Waals surface area contributed by atoms with E-state index in [0.29, 0.717) is 13.1 Å². The van der Waals surface area contributed by atoms with Gasteiger partial charge in [0, 0.05) is 43.9 Å². The van der Waals surface area contributed by atoms with Gasteiger partial charge in [0.25, 0.3) is 0 Å². The van der Waals surface area contributed by atoms with Crippen LogP contribution in [0.5, 0.6) is 0 Å². The molecule has 2 heterocycles. The van der Waals surface area contributed by atoms with Gasteiger partial charge in [-0.1, -0.05) is 42.5 Å². The van der Waals surface area contributed by atoms with Gasteiger partial charge in [-0.3, -0.25) is 4.68 Å². The Hall–Kier alpha value is -3.28. The predicted molar refractivity (Wildman–Crippen MR) is 113 cm³/mol. The lowest BCUT2D eigenvalue weighted by atomic mass is 10.1. The highest BCUT2D eigenvalue weighted by Crippen LogP contribution is 2.22. The van der Waals surface area contributed by atoms with Gasteiger partial charge in [0.2, 0.25) is 0 Å². The average Bonchev–Trinajstić information content (AvgIpc) is 3.33. The molecule has 0 amide bonds. The van der Waals surface area contributed by atoms with E-state index in [-0.39, 0.29) is 0 Å². The highest BCUT2D eigenvalue weighted by atomic mass is 16.3. The minimum Gasteiger partial charge on any atom is -0.469 e. The molecule has 3 rings (SSSR count). The molecule has 0 bridgehead atoms. The van der Waals surface area contributed by atoms with Crippen molar-refractivity contribution in [2.75, 3.05) is 13.1 Å². The van der Waals surface area contributed by atoms with Crippen molar-refractivity contribution in [1.29, 1.82) is 0 Å². The van der Waals surface area contributed by atoms with Crippen molar-refractivity contribution >= 4 is 5.96 Å². The van der Waals surface area contributed by atoms with Crippen LogP contribution in [0.15, 0.2) is 76.5 Å². The molecule has 6 nitrogen and oxygen atoms in total. The maximum atomic E-state index is 5.38. The molecule has 2 aromatic heterocycles. The molecule has 6 heteroatoms. The van der Waals surface area contributed by atoms with Gasteiger partial charge in [0.1, 0.15) is 5.76 Å². The number of furan rings is 1. The molecule has 0 saturated heterocycles. The first-order chi connectivity index (χ1) is 13.6. The topological polar surface area (TPSA) is 67.4 Å². The Morgan fingerprint density at radius 3 is 2.71 bits per heavy atom. The van der Waals surface area contributed by atoms with Crippen molar-refractivity contribution in [2.24, 2.45) is 12.0 Å². The summed E-state index contributed by atoms with van der Waals surface area (Å²) in [6.45, 7) is 7.87. The molecule has 3 aromatic rings. The summed E-state index contributed by atoms with van der Waals surface area (Å²) >= 11 is 0. The Morgan fingerprint density at radius 2 is 2.00 bits per heavy atom. The summed E-state index contributed by atoms with van der Waals surface area (Å²) in [7, 11) is 1.93. The summed E-state index contributed by atoms with van der Waals surface area (Å²) in [5, 5.41) is 11.3. The highest BCUT2D eigenvalue weighted by molar-refractivity contribution is 5.80. The summed E-state index contributed by atoms with van der Waals surface area (Å²) in [5.41, 5.74) is 4.18. The van der Waals surface area contributed by atoms with Crippen LogP contribution >= 0.6 is 0 Å². The number of nitrogens with one attached hydrogen (secondary N) is 2. The molecule has 146 valence electrons. The number of guanidine groups is 1. The van der Waals surface area contributed by atoms with Crippen molar-refractivity contribution in [3.05, 3.63) is 78.4 Å². The number of aromatic nitrogens is 2. The van der Waals surface area contributed by atoms with E-state index in [9.17, 15) is 0 Å². The largest absolute Gasteiger partial charge is 0.469 e. The van der Waals surface area contributed by atoms with Crippen molar-refractivity contribution in [1.82, 2.24) is 20.4 Å². The van der Waals surface area contributed by atoms with E-state index < -0.39 is 0 Å². The van der Waals surface area contributed by atoms with Gasteiger partial charge in [-0.25, -0.2) is 4.99 Å². The summed E-state index contributed by atoms with van der Waals surface area (Å²) in [6.07, 6.45) is 4.51. The second-order valence-corrected chi connectivity index (χ2v) is 6.77. The molecule has 28 heavy (non-hydrogen) atoms. The third-order valence-electron chi connectivity index (χ3n) is 4.16. The first-order valence-electron chi connectivity index (χ1n) is 9.38. The van der Waals surface area contributed by atoms with Crippen LogP contribution in [0, 0.1) is 0 Å². The van der Waals surface area contributed by atoms with Crippen LogP contribution in [0.2, 0.25) is 0 Å². The van der Waals surface area contributed by atoms with Crippen LogP contribution in [0.25, 0.3) is 11.3 Å². The van der Waals surface area contributed by atoms with Gasteiger partial charge in [0.05, 0.1) is 18.5 Å². The normalized spacial score (nSPS) is 11.4. The van der Waals surface area contributed by atoms with Crippen LogP contribution in [0.3, 0.4) is 0 Å². The second kappa shape index (κ2) is 9.60. The molecule has 0 aliphatic rings. The maximum Gasteiger partial charge on any atom is 0.191 e. The quantitative estimate of drug-likeness (QED) is 0.358. The molecular formula is C22H27N5O. The molecule has 0 spiro atoms. The predicted octanol–water partition coefficient (Wildman–Crippen LogP) is 3.53. The van der Waals surface area contributed by atoms with Crippen LogP contribution in [-0.4, -0.2) is 28.8 Å². The van der Waals surface area contributed by atoms with Crippen molar-refractivity contribution in [3.63, 3.8) is 0 Å². The molecule has 0 aliphatic heterocycles. The molecule has 0 saturated carbocycles. The van der Waals surface area contributed by atoms with Crippen molar-refractivity contribution < 1.29 is 4.42 Å². The van der Waals surface area contributed by atoms with Gasteiger partial charge in [-0.15, -0.1) is 0 Å². The average molecular weight is 377 g/mol. The molecule has 2 N–H and O–H groups in total. The summed E-state index contributed by atoms with van der Waals surface area (Å²) in [6, 6.07) is 14.1. The Kier molecular flexibility index (Phi) is 6.68. The highest BCUT2D eigenvalue weighted by Gasteiger charge is 2.10. The fraction of sp³-hybridized carbons (Fsp3) is 0.273. The summed E-state index contributed by atoms with van der Waals surface area (Å²) in [4.78, 5) is 4.75. The zero-order chi connectivity index (χ0) is 19.8. The van der Waals surface area contributed by atoms with E-state index in [1.807, 2.05) is 55.2 Å². The van der Waals surface area contributed by atoms with Crippen molar-refractivity contribution in [2.45, 2.75) is 19.9 Å². The van der Waals surface area contributed by atoms with E-state index in [0.717, 1.165) is 47.1 Å². The first kappa shape index (κ1) is 19.5. The molecular weight excluding hydrogens is 350 g/mol. The van der Waals surface area contributed by atoms with Crippen LogP contribution in [0.4, 0.5) is 0 Å². The monoisotopic (exact) mass is 377 g/mol. The number of aryl methyl sites for hydroxylation is 1. The Bertz CT molecular complexity index is 910. The van der Waals surface area contributed by atoms with Crippen LogP contribution in [0.1, 0.15) is 18.2 Å². The molecule has 1 aromatic carbocycles. The lowest BCUT2D eigenvalue weighted by molar-refractivity contribution is 0.507. The van der Waals surface area contributed by atoms with E-state index in [2.05, 4.69) is 34.4 Å². The smallest absolute Gasteiger partial charge is 0.191 e. The zero-order valence-electron chi connectivity index (χ0n) is 16.5. The lowest BCUT2D eigenvalue weighted by Gasteiger charge is -2.12. The molecule has 0 unspecified atom stereocenters. The SMILES string of the molecule is C=C(C)CNC(=NCc1cn(C)nc1-c1ccccc1)NCCc1ccco1. The Morgan fingerprint density at radius 1 is 1.18 bits per heavy atom. The van der Waals surface area contributed by atoms with Crippen LogP contribution in [-0.2, 0) is 20.0 Å². The maximum absolute atomic E-state index is 5.38. The summed E-state index contributed by atoms with van der Waals surface area (Å²) in [5.74, 6) is 1.70. The fourth-order valence-electron chi connectivity index (χ4n) is 2.82. The van der Waals surface area contributed by atoms with Gasteiger partial charge < -0.3 is 15.1 Å². The second-order valence-electron chi connectivity index (χ2n) is 6.77. The van der Waals surface area contributed by atoms with E-state index in [4.69, 9.17) is 9.41 Å². The molecule has 0 fully saturated rings. The number of aliphatic imine (C=N–C) groups is 1. The number of nitrogens with zero attached hydrogens (tertiary/aromatic N) is 3. The zero-order valence-corrected chi connectivity index (χ0v) is 16.5. The van der Waals surface area contributed by atoms with Gasteiger partial charge in [-0.2, -0.15) is 5.10 Å². The third-order valence-corrected chi connectivity index (χ3v) is 4.16. The van der Waals surface area contributed by atoms with Crippen molar-refractivity contribution in [3.8, 4) is 11.3 Å². The number of hydrogen-bond donors (Lipinski definition) is 2. The minimum atomic E-state index is 0.532. The number of rotatable bonds is 8. The number of hydrogen-bond acceptors (Lipinski definition) is 3. The van der Waals surface area contributed by atoms with E-state index in [1.165, 1.54) is 0 Å². The Labute approximate surface area is 166 Å². The lowest BCUT2D eigenvalue weighted by Crippen LogP contribution is -2.39. The molecule has 0 aliphatic carbocycles.